The van der Waals surface area contributed by atoms with Crippen LogP contribution in [-0.4, -0.2) is 18.8 Å². The van der Waals surface area contributed by atoms with Gasteiger partial charge in [0.05, 0.1) is 13.0 Å². The van der Waals surface area contributed by atoms with E-state index in [1.165, 1.54) is 13.8 Å². The van der Waals surface area contributed by atoms with E-state index in [1.807, 2.05) is 13.8 Å². The third-order valence-corrected chi connectivity index (χ3v) is 3.67. The van der Waals surface area contributed by atoms with Crippen molar-refractivity contribution in [2.75, 3.05) is 6.61 Å². The molecule has 0 heterocycles. The summed E-state index contributed by atoms with van der Waals surface area (Å²) in [6, 6.07) is 2.30. The fourth-order valence-electron chi connectivity index (χ4n) is 2.52. The zero-order valence-corrected chi connectivity index (χ0v) is 17.3. The molecule has 0 atom stereocenters. The number of esters is 1. The number of allylic oxidation sites excluding steroid dienone is 5. The van der Waals surface area contributed by atoms with Crippen LogP contribution in [-0.2, 0) is 9.53 Å². The monoisotopic (exact) mass is 418 g/mol. The fraction of sp³-hybridized carbons (Fsp3) is 0.409. The molecule has 162 valence electrons. The van der Waals surface area contributed by atoms with Crippen LogP contribution in [0.25, 0.3) is 5.57 Å². The SMILES string of the molecule is C=C(/C=C(\C=C(/F)CCC(=O)OCC)c1c(C)cc(F)cc1C)C(F)(F)F.CC. The van der Waals surface area contributed by atoms with Gasteiger partial charge in [0.2, 0.25) is 0 Å². The van der Waals surface area contributed by atoms with Gasteiger partial charge in [0, 0.05) is 12.0 Å². The van der Waals surface area contributed by atoms with Gasteiger partial charge in [-0.3, -0.25) is 4.79 Å². The molecule has 29 heavy (non-hydrogen) atoms. The molecule has 1 rings (SSSR count). The predicted octanol–water partition coefficient (Wildman–Crippen LogP) is 7.17. The molecule has 0 N–H and O–H groups in total. The lowest BCUT2D eigenvalue weighted by atomic mass is 9.93. The van der Waals surface area contributed by atoms with Crippen LogP contribution in [0.15, 0.2) is 42.3 Å². The first-order valence-electron chi connectivity index (χ1n) is 9.22. The van der Waals surface area contributed by atoms with E-state index in [2.05, 4.69) is 6.58 Å². The van der Waals surface area contributed by atoms with E-state index in [0.29, 0.717) is 17.2 Å². The van der Waals surface area contributed by atoms with E-state index < -0.39 is 29.4 Å². The first kappa shape index (κ1) is 26.6. The number of rotatable bonds is 7. The first-order chi connectivity index (χ1) is 13.5. The van der Waals surface area contributed by atoms with Gasteiger partial charge in [-0.05, 0) is 67.3 Å². The standard InChI is InChI=1S/C20H21F5O2.C2H6/c1-5-27-18(26)7-6-16(21)11-15(10-14(4)20(23,24)25)19-12(2)8-17(22)9-13(19)3;1-2/h8-11H,4-7H2,1-3H3;1-2H3/b15-10+,16-11-;. The summed E-state index contributed by atoms with van der Waals surface area (Å²) >= 11 is 0. The number of carbonyl (C=O) groups is 1. The van der Waals surface area contributed by atoms with Crippen molar-refractivity contribution >= 4 is 11.5 Å². The first-order valence-corrected chi connectivity index (χ1v) is 9.22. The van der Waals surface area contributed by atoms with Crippen LogP contribution in [0, 0.1) is 19.7 Å². The number of ether oxygens (including phenoxy) is 1. The molecule has 2 nitrogen and oxygen atoms in total. The van der Waals surface area contributed by atoms with E-state index in [-0.39, 0.29) is 30.6 Å². The van der Waals surface area contributed by atoms with Crippen molar-refractivity contribution < 1.29 is 31.5 Å². The van der Waals surface area contributed by atoms with Gasteiger partial charge >= 0.3 is 12.1 Å². The quantitative estimate of drug-likeness (QED) is 0.267. The van der Waals surface area contributed by atoms with Crippen molar-refractivity contribution in [3.8, 4) is 0 Å². The van der Waals surface area contributed by atoms with Gasteiger partial charge in [0.1, 0.15) is 11.6 Å². The molecule has 0 aliphatic carbocycles. The minimum Gasteiger partial charge on any atom is -0.466 e. The van der Waals surface area contributed by atoms with Crippen LogP contribution in [0.5, 0.6) is 0 Å². The van der Waals surface area contributed by atoms with Crippen LogP contribution in [0.4, 0.5) is 22.0 Å². The lowest BCUT2D eigenvalue weighted by Gasteiger charge is -2.14. The molecular weight excluding hydrogens is 391 g/mol. The molecule has 0 radical (unpaired) electrons. The summed E-state index contributed by atoms with van der Waals surface area (Å²) in [5.41, 5.74) is -0.303. The average Bonchev–Trinajstić information content (AvgIpc) is 2.60. The Hall–Kier alpha value is -2.44. The maximum absolute atomic E-state index is 14.3. The highest BCUT2D eigenvalue weighted by atomic mass is 19.4. The molecule has 0 saturated heterocycles. The molecule has 0 aliphatic heterocycles. The summed E-state index contributed by atoms with van der Waals surface area (Å²) < 4.78 is 71.1. The third-order valence-electron chi connectivity index (χ3n) is 3.67. The lowest BCUT2D eigenvalue weighted by Crippen LogP contribution is -2.09. The van der Waals surface area contributed by atoms with Crippen molar-refractivity contribution in [3.63, 3.8) is 0 Å². The molecule has 1 aromatic carbocycles. The highest BCUT2D eigenvalue weighted by Gasteiger charge is 2.30. The zero-order valence-electron chi connectivity index (χ0n) is 17.3. The molecule has 0 aliphatic rings. The summed E-state index contributed by atoms with van der Waals surface area (Å²) in [7, 11) is 0. The summed E-state index contributed by atoms with van der Waals surface area (Å²) in [5.74, 6) is -1.96. The zero-order chi connectivity index (χ0) is 22.8. The minimum absolute atomic E-state index is 0.103. The summed E-state index contributed by atoms with van der Waals surface area (Å²) in [4.78, 5) is 11.3. The third kappa shape index (κ3) is 9.07. The number of benzene rings is 1. The van der Waals surface area contributed by atoms with E-state index >= 15 is 0 Å². The predicted molar refractivity (Wildman–Crippen MR) is 105 cm³/mol. The van der Waals surface area contributed by atoms with E-state index in [1.54, 1.807) is 6.92 Å². The molecule has 0 saturated carbocycles. The van der Waals surface area contributed by atoms with Crippen molar-refractivity contribution in [3.05, 3.63) is 64.8 Å². The van der Waals surface area contributed by atoms with E-state index in [4.69, 9.17) is 4.74 Å². The maximum atomic E-state index is 14.3. The van der Waals surface area contributed by atoms with Crippen molar-refractivity contribution in [2.45, 2.75) is 53.6 Å². The summed E-state index contributed by atoms with van der Waals surface area (Å²) in [5, 5.41) is 0. The van der Waals surface area contributed by atoms with Gasteiger partial charge in [-0.25, -0.2) is 8.78 Å². The largest absolute Gasteiger partial charge is 0.466 e. The second kappa shape index (κ2) is 12.2. The Morgan fingerprint density at radius 1 is 1.10 bits per heavy atom. The van der Waals surface area contributed by atoms with E-state index in [0.717, 1.165) is 18.2 Å². The molecule has 0 bridgehead atoms. The Bertz CT molecular complexity index is 751. The topological polar surface area (TPSA) is 26.3 Å². The van der Waals surface area contributed by atoms with E-state index in [9.17, 15) is 26.7 Å². The average molecular weight is 418 g/mol. The van der Waals surface area contributed by atoms with Gasteiger partial charge < -0.3 is 4.74 Å². The Labute approximate surface area is 168 Å². The molecule has 0 amide bonds. The number of hydrogen-bond donors (Lipinski definition) is 0. The molecule has 0 unspecified atom stereocenters. The highest BCUT2D eigenvalue weighted by molar-refractivity contribution is 5.80. The van der Waals surface area contributed by atoms with Crippen molar-refractivity contribution in [1.82, 2.24) is 0 Å². The second-order valence-corrected chi connectivity index (χ2v) is 5.93. The second-order valence-electron chi connectivity index (χ2n) is 5.93. The Morgan fingerprint density at radius 3 is 2.07 bits per heavy atom. The smallest absolute Gasteiger partial charge is 0.415 e. The normalized spacial score (nSPS) is 12.2. The molecule has 0 aromatic heterocycles. The van der Waals surface area contributed by atoms with Crippen LogP contribution in [0.2, 0.25) is 0 Å². The van der Waals surface area contributed by atoms with Crippen LogP contribution in [0.1, 0.15) is 50.3 Å². The molecule has 0 spiro atoms. The van der Waals surface area contributed by atoms with Gasteiger partial charge in [-0.1, -0.05) is 20.4 Å². The van der Waals surface area contributed by atoms with Gasteiger partial charge in [0.25, 0.3) is 0 Å². The number of aryl methyl sites for hydroxylation is 2. The molecule has 7 heteroatoms. The van der Waals surface area contributed by atoms with Crippen molar-refractivity contribution in [1.29, 1.82) is 0 Å². The number of carbonyl (C=O) groups excluding carboxylic acids is 1. The minimum atomic E-state index is -4.69. The molecule has 1 aromatic rings. The molecular formula is C22H27F5O2. The Morgan fingerprint density at radius 2 is 1.62 bits per heavy atom. The maximum Gasteiger partial charge on any atom is 0.415 e. The van der Waals surface area contributed by atoms with Gasteiger partial charge in [-0.15, -0.1) is 0 Å². The number of halogens is 5. The van der Waals surface area contributed by atoms with Crippen LogP contribution >= 0.6 is 0 Å². The van der Waals surface area contributed by atoms with Crippen LogP contribution < -0.4 is 0 Å². The highest BCUT2D eigenvalue weighted by Crippen LogP contribution is 2.32. The fourth-order valence-corrected chi connectivity index (χ4v) is 2.52. The summed E-state index contributed by atoms with van der Waals surface area (Å²) in [6.45, 7) is 11.8. The van der Waals surface area contributed by atoms with Crippen molar-refractivity contribution in [2.24, 2.45) is 0 Å². The Balaban J connectivity index is 0.00000379. The van der Waals surface area contributed by atoms with Crippen LogP contribution in [0.3, 0.4) is 0 Å². The number of alkyl halides is 3. The van der Waals surface area contributed by atoms with Gasteiger partial charge in [-0.2, -0.15) is 13.2 Å². The number of hydrogen-bond acceptors (Lipinski definition) is 2. The lowest BCUT2D eigenvalue weighted by molar-refractivity contribution is -0.143. The molecule has 0 fully saturated rings. The Kier molecular flexibility index (Phi) is 11.2. The van der Waals surface area contributed by atoms with Gasteiger partial charge in [0.15, 0.2) is 0 Å². The summed E-state index contributed by atoms with van der Waals surface area (Å²) in [6.07, 6.45) is -3.65.